The van der Waals surface area contributed by atoms with Crippen molar-refractivity contribution < 1.29 is 0 Å². The minimum absolute atomic E-state index is 0.583. The number of hydrogen-bond acceptors (Lipinski definition) is 3. The lowest BCUT2D eigenvalue weighted by molar-refractivity contribution is 1.07. The van der Waals surface area contributed by atoms with Crippen LogP contribution in [0.3, 0.4) is 0 Å². The van der Waals surface area contributed by atoms with E-state index in [0.29, 0.717) is 5.82 Å². The number of nitrogens with one attached hydrogen (secondary N) is 1. The van der Waals surface area contributed by atoms with Crippen LogP contribution in [0.25, 0.3) is 11.4 Å². The molecule has 14 heavy (non-hydrogen) atoms. The first kappa shape index (κ1) is 8.74. The van der Waals surface area contributed by atoms with Gasteiger partial charge >= 0.3 is 0 Å². The van der Waals surface area contributed by atoms with Crippen molar-refractivity contribution in [2.45, 2.75) is 13.3 Å². The molecule has 2 heterocycles. The molecule has 0 spiro atoms. The van der Waals surface area contributed by atoms with E-state index in [1.54, 1.807) is 12.4 Å². The van der Waals surface area contributed by atoms with Gasteiger partial charge in [-0.15, -0.1) is 0 Å². The number of aromatic nitrogens is 3. The minimum atomic E-state index is 0.583. The van der Waals surface area contributed by atoms with Crippen molar-refractivity contribution in [2.24, 2.45) is 0 Å². The number of nitrogens with zero attached hydrogens (tertiary/aromatic N) is 2. The van der Waals surface area contributed by atoms with Crippen molar-refractivity contribution in [1.82, 2.24) is 15.0 Å². The summed E-state index contributed by atoms with van der Waals surface area (Å²) in [6.45, 7) is 2.04. The van der Waals surface area contributed by atoms with Crippen LogP contribution in [0, 0.1) is 0 Å². The maximum atomic E-state index is 5.73. The summed E-state index contributed by atoms with van der Waals surface area (Å²) in [5.74, 6) is 1.39. The summed E-state index contributed by atoms with van der Waals surface area (Å²) >= 11 is 0. The van der Waals surface area contributed by atoms with Gasteiger partial charge in [0.1, 0.15) is 11.6 Å². The van der Waals surface area contributed by atoms with Crippen LogP contribution in [0.4, 0.5) is 5.82 Å². The first-order chi connectivity index (χ1) is 6.81. The van der Waals surface area contributed by atoms with Crippen LogP contribution in [0.2, 0.25) is 0 Å². The Hall–Kier alpha value is -1.84. The van der Waals surface area contributed by atoms with Crippen molar-refractivity contribution >= 4 is 5.82 Å². The van der Waals surface area contributed by atoms with E-state index < -0.39 is 0 Å². The van der Waals surface area contributed by atoms with Crippen LogP contribution in [-0.2, 0) is 6.42 Å². The molecule has 0 bridgehead atoms. The molecule has 0 atom stereocenters. The molecule has 2 rings (SSSR count). The Morgan fingerprint density at radius 1 is 1.36 bits per heavy atom. The molecule has 72 valence electrons. The van der Waals surface area contributed by atoms with Gasteiger partial charge in [0.25, 0.3) is 0 Å². The molecule has 0 unspecified atom stereocenters. The number of H-pyrrole nitrogens is 1. The van der Waals surface area contributed by atoms with Gasteiger partial charge in [-0.3, -0.25) is 4.98 Å². The highest BCUT2D eigenvalue weighted by atomic mass is 15.0. The van der Waals surface area contributed by atoms with Crippen molar-refractivity contribution in [3.05, 3.63) is 30.2 Å². The Labute approximate surface area is 82.2 Å². The summed E-state index contributed by atoms with van der Waals surface area (Å²) < 4.78 is 0. The number of nitrogen functional groups attached to an aromatic ring is 1. The Bertz CT molecular complexity index is 419. The van der Waals surface area contributed by atoms with Crippen LogP contribution in [0.1, 0.15) is 12.6 Å². The summed E-state index contributed by atoms with van der Waals surface area (Å²) in [7, 11) is 0. The van der Waals surface area contributed by atoms with Crippen molar-refractivity contribution in [3.63, 3.8) is 0 Å². The second kappa shape index (κ2) is 3.49. The van der Waals surface area contributed by atoms with Crippen LogP contribution in [0.15, 0.2) is 24.5 Å². The summed E-state index contributed by atoms with van der Waals surface area (Å²) in [4.78, 5) is 11.4. The molecule has 0 fully saturated rings. The van der Waals surface area contributed by atoms with Gasteiger partial charge < -0.3 is 10.7 Å². The second-order valence-corrected chi connectivity index (χ2v) is 3.04. The minimum Gasteiger partial charge on any atom is -0.382 e. The molecule has 4 nitrogen and oxygen atoms in total. The van der Waals surface area contributed by atoms with Gasteiger partial charge in [-0.05, 0) is 18.6 Å². The largest absolute Gasteiger partial charge is 0.382 e. The smallest absolute Gasteiger partial charge is 0.145 e. The fourth-order valence-electron chi connectivity index (χ4n) is 1.34. The molecule has 0 aliphatic heterocycles. The first-order valence-corrected chi connectivity index (χ1v) is 4.56. The number of pyridine rings is 1. The molecule has 4 heteroatoms. The standard InChI is InChI=1S/C10H12N4/c1-2-8-9(11)14-10(13-8)7-3-5-12-6-4-7/h3-6H,2,11H2,1H3,(H,13,14). The fraction of sp³-hybridized carbons (Fsp3) is 0.200. The van der Waals surface area contributed by atoms with Gasteiger partial charge in [0.2, 0.25) is 0 Å². The highest BCUT2D eigenvalue weighted by Crippen LogP contribution is 2.18. The normalized spacial score (nSPS) is 10.4. The van der Waals surface area contributed by atoms with E-state index >= 15 is 0 Å². The molecule has 0 amide bonds. The van der Waals surface area contributed by atoms with Gasteiger partial charge in [-0.1, -0.05) is 6.92 Å². The van der Waals surface area contributed by atoms with E-state index in [2.05, 4.69) is 15.0 Å². The van der Waals surface area contributed by atoms with Crippen LogP contribution in [-0.4, -0.2) is 15.0 Å². The topological polar surface area (TPSA) is 67.6 Å². The summed E-state index contributed by atoms with van der Waals surface area (Å²) in [5.41, 5.74) is 7.72. The number of hydrogen-bond donors (Lipinski definition) is 2. The third-order valence-electron chi connectivity index (χ3n) is 2.12. The second-order valence-electron chi connectivity index (χ2n) is 3.04. The number of rotatable bonds is 2. The fourth-order valence-corrected chi connectivity index (χ4v) is 1.34. The highest BCUT2D eigenvalue weighted by Gasteiger charge is 2.06. The molecule has 3 N–H and O–H groups in total. The molecular formula is C10H12N4. The quantitative estimate of drug-likeness (QED) is 0.752. The lowest BCUT2D eigenvalue weighted by Crippen LogP contribution is -1.89. The van der Waals surface area contributed by atoms with E-state index in [-0.39, 0.29) is 0 Å². The Morgan fingerprint density at radius 3 is 2.64 bits per heavy atom. The maximum Gasteiger partial charge on any atom is 0.145 e. The van der Waals surface area contributed by atoms with E-state index in [1.165, 1.54) is 0 Å². The molecule has 0 aliphatic carbocycles. The molecule has 0 aliphatic rings. The van der Waals surface area contributed by atoms with Crippen molar-refractivity contribution in [2.75, 3.05) is 5.73 Å². The van der Waals surface area contributed by atoms with Crippen molar-refractivity contribution in [1.29, 1.82) is 0 Å². The van der Waals surface area contributed by atoms with Gasteiger partial charge in [-0.25, -0.2) is 4.98 Å². The summed E-state index contributed by atoms with van der Waals surface area (Å²) in [6, 6.07) is 3.80. The SMILES string of the molecule is CCc1[nH]c(-c2ccncc2)nc1N. The predicted molar refractivity (Wildman–Crippen MR) is 55.6 cm³/mol. The Balaban J connectivity index is 2.43. The molecular weight excluding hydrogens is 176 g/mol. The van der Waals surface area contributed by atoms with Crippen LogP contribution >= 0.6 is 0 Å². The van der Waals surface area contributed by atoms with E-state index in [0.717, 1.165) is 23.5 Å². The predicted octanol–water partition coefficient (Wildman–Crippen LogP) is 1.62. The molecule has 0 saturated carbocycles. The van der Waals surface area contributed by atoms with Crippen LogP contribution in [0.5, 0.6) is 0 Å². The zero-order valence-corrected chi connectivity index (χ0v) is 7.99. The lowest BCUT2D eigenvalue weighted by Gasteiger charge is -1.93. The van der Waals surface area contributed by atoms with Crippen molar-refractivity contribution in [3.8, 4) is 11.4 Å². The third-order valence-corrected chi connectivity index (χ3v) is 2.12. The molecule has 0 aromatic carbocycles. The Morgan fingerprint density at radius 2 is 2.07 bits per heavy atom. The average Bonchev–Trinajstić information content (AvgIpc) is 2.61. The lowest BCUT2D eigenvalue weighted by atomic mass is 10.2. The summed E-state index contributed by atoms with van der Waals surface area (Å²) in [6.07, 6.45) is 4.34. The van der Waals surface area contributed by atoms with E-state index in [4.69, 9.17) is 5.73 Å². The molecule has 2 aromatic heterocycles. The number of imidazole rings is 1. The zero-order valence-electron chi connectivity index (χ0n) is 7.99. The van der Waals surface area contributed by atoms with E-state index in [1.807, 2.05) is 19.1 Å². The third kappa shape index (κ3) is 1.46. The number of anilines is 1. The molecule has 0 radical (unpaired) electrons. The number of aromatic amines is 1. The highest BCUT2D eigenvalue weighted by molar-refractivity contribution is 5.58. The average molecular weight is 188 g/mol. The Kier molecular flexibility index (Phi) is 2.18. The van der Waals surface area contributed by atoms with Gasteiger partial charge in [0.05, 0.1) is 5.69 Å². The number of nitrogens with two attached hydrogens (primary N) is 1. The molecule has 2 aromatic rings. The number of aryl methyl sites for hydroxylation is 1. The van der Waals surface area contributed by atoms with Crippen LogP contribution < -0.4 is 5.73 Å². The van der Waals surface area contributed by atoms with Gasteiger partial charge in [0.15, 0.2) is 0 Å². The summed E-state index contributed by atoms with van der Waals surface area (Å²) in [5, 5.41) is 0. The van der Waals surface area contributed by atoms with Gasteiger partial charge in [-0.2, -0.15) is 0 Å². The van der Waals surface area contributed by atoms with E-state index in [9.17, 15) is 0 Å². The maximum absolute atomic E-state index is 5.73. The van der Waals surface area contributed by atoms with Gasteiger partial charge in [0, 0.05) is 18.0 Å². The zero-order chi connectivity index (χ0) is 9.97. The monoisotopic (exact) mass is 188 g/mol. The molecule has 0 saturated heterocycles. The first-order valence-electron chi connectivity index (χ1n) is 4.56.